The number of rotatable bonds is 2. The van der Waals surface area contributed by atoms with Gasteiger partial charge in [0.05, 0.1) is 16.3 Å². The zero-order valence-electron chi connectivity index (χ0n) is 9.27. The van der Waals surface area contributed by atoms with Crippen LogP contribution in [0.5, 0.6) is 0 Å². The Labute approximate surface area is 106 Å². The Bertz CT molecular complexity index is 486. The molecule has 0 aliphatic heterocycles. The Balaban J connectivity index is 2.92. The number of halogens is 4. The summed E-state index contributed by atoms with van der Waals surface area (Å²) in [4.78, 5) is 11.2. The number of carbonyl (C=O) groups excluding carboxylic acids is 1. The van der Waals surface area contributed by atoms with Crippen molar-refractivity contribution in [3.05, 3.63) is 41.1 Å². The number of hydrogen-bond donors (Lipinski definition) is 1. The van der Waals surface area contributed by atoms with Crippen LogP contribution in [0.4, 0.5) is 23.7 Å². The van der Waals surface area contributed by atoms with Gasteiger partial charge in [-0.3, -0.25) is 5.32 Å². The van der Waals surface area contributed by atoms with E-state index in [1.807, 2.05) is 0 Å². The highest BCUT2D eigenvalue weighted by molar-refractivity contribution is 6.31. The molecule has 1 rings (SSSR count). The van der Waals surface area contributed by atoms with Crippen LogP contribution in [0.1, 0.15) is 12.5 Å². The van der Waals surface area contributed by atoms with Crippen molar-refractivity contribution in [2.24, 2.45) is 0 Å². The van der Waals surface area contributed by atoms with Crippen LogP contribution >= 0.6 is 11.6 Å². The average molecular weight is 280 g/mol. The lowest BCUT2D eigenvalue weighted by molar-refractivity contribution is -0.137. The van der Waals surface area contributed by atoms with Gasteiger partial charge >= 0.3 is 12.3 Å². The van der Waals surface area contributed by atoms with Crippen molar-refractivity contribution in [1.29, 1.82) is 0 Å². The largest absolute Gasteiger partial charge is 0.417 e. The monoisotopic (exact) mass is 279 g/mol. The molecule has 0 bridgehead atoms. The SMILES string of the molecule is C=C(C)OC(=O)Nc1ccc(Cl)c(C(F)(F)F)c1. The first-order chi connectivity index (χ1) is 8.20. The van der Waals surface area contributed by atoms with Crippen molar-refractivity contribution in [3.8, 4) is 0 Å². The lowest BCUT2D eigenvalue weighted by atomic mass is 10.2. The summed E-state index contributed by atoms with van der Waals surface area (Å²) >= 11 is 5.42. The third kappa shape index (κ3) is 3.96. The number of carbonyl (C=O) groups is 1. The Morgan fingerprint density at radius 3 is 2.56 bits per heavy atom. The summed E-state index contributed by atoms with van der Waals surface area (Å²) < 4.78 is 42.2. The fraction of sp³-hybridized carbons (Fsp3) is 0.182. The Morgan fingerprint density at radius 1 is 1.44 bits per heavy atom. The van der Waals surface area contributed by atoms with Gasteiger partial charge in [-0.05, 0) is 25.1 Å². The van der Waals surface area contributed by atoms with Gasteiger partial charge in [0.25, 0.3) is 0 Å². The molecule has 1 amide bonds. The van der Waals surface area contributed by atoms with Crippen LogP contribution in [0.2, 0.25) is 5.02 Å². The first-order valence-corrected chi connectivity index (χ1v) is 5.09. The molecule has 1 N–H and O–H groups in total. The number of allylic oxidation sites excluding steroid dienone is 1. The molecule has 0 aliphatic rings. The molecule has 18 heavy (non-hydrogen) atoms. The van der Waals surface area contributed by atoms with E-state index in [0.29, 0.717) is 0 Å². The van der Waals surface area contributed by atoms with Crippen LogP contribution in [-0.2, 0) is 10.9 Å². The standard InChI is InChI=1S/C11H9ClF3NO2/c1-6(2)18-10(17)16-7-3-4-9(12)8(5-7)11(13,14)15/h3-5H,1H2,2H3,(H,16,17). The Kier molecular flexibility index (Phi) is 4.24. The van der Waals surface area contributed by atoms with Crippen molar-refractivity contribution in [2.75, 3.05) is 5.32 Å². The minimum absolute atomic E-state index is 0.0713. The molecule has 7 heteroatoms. The minimum Gasteiger partial charge on any atom is -0.416 e. The molecule has 98 valence electrons. The Morgan fingerprint density at radius 2 is 2.06 bits per heavy atom. The average Bonchev–Trinajstić information content (AvgIpc) is 2.17. The van der Waals surface area contributed by atoms with Crippen LogP contribution in [0.25, 0.3) is 0 Å². The number of hydrogen-bond acceptors (Lipinski definition) is 2. The maximum Gasteiger partial charge on any atom is 0.417 e. The summed E-state index contributed by atoms with van der Waals surface area (Å²) in [6.45, 7) is 4.76. The number of alkyl halides is 3. The molecule has 1 aromatic rings. The topological polar surface area (TPSA) is 38.3 Å². The highest BCUT2D eigenvalue weighted by Gasteiger charge is 2.33. The van der Waals surface area contributed by atoms with E-state index in [-0.39, 0.29) is 11.4 Å². The van der Waals surface area contributed by atoms with Crippen molar-refractivity contribution in [1.82, 2.24) is 0 Å². The van der Waals surface area contributed by atoms with Crippen LogP contribution in [0.3, 0.4) is 0 Å². The summed E-state index contributed by atoms with van der Waals surface area (Å²) in [6.07, 6.45) is -5.51. The first-order valence-electron chi connectivity index (χ1n) is 4.71. The number of anilines is 1. The van der Waals surface area contributed by atoms with E-state index in [9.17, 15) is 18.0 Å². The molecular weight excluding hydrogens is 271 g/mol. The van der Waals surface area contributed by atoms with Gasteiger partial charge in [0.2, 0.25) is 0 Å². The number of amides is 1. The molecule has 0 aliphatic carbocycles. The maximum absolute atomic E-state index is 12.5. The summed E-state index contributed by atoms with van der Waals surface area (Å²) in [6, 6.07) is 3.00. The second-order valence-electron chi connectivity index (χ2n) is 3.41. The third-order valence-corrected chi connectivity index (χ3v) is 2.11. The summed E-state index contributed by atoms with van der Waals surface area (Å²) in [5.74, 6) is 0.123. The van der Waals surface area contributed by atoms with Crippen LogP contribution in [-0.4, -0.2) is 6.09 Å². The molecule has 0 saturated heterocycles. The van der Waals surface area contributed by atoms with Gasteiger partial charge < -0.3 is 4.74 Å². The first kappa shape index (κ1) is 14.4. The van der Waals surface area contributed by atoms with Crippen molar-refractivity contribution in [3.63, 3.8) is 0 Å². The van der Waals surface area contributed by atoms with Gasteiger partial charge in [0, 0.05) is 5.69 Å². The molecule has 0 spiro atoms. The van der Waals surface area contributed by atoms with Gasteiger partial charge in [0.1, 0.15) is 0 Å². The number of benzene rings is 1. The fourth-order valence-corrected chi connectivity index (χ4v) is 1.35. The third-order valence-electron chi connectivity index (χ3n) is 1.79. The van der Waals surface area contributed by atoms with Crippen molar-refractivity contribution >= 4 is 23.4 Å². The van der Waals surface area contributed by atoms with Crippen molar-refractivity contribution in [2.45, 2.75) is 13.1 Å². The lowest BCUT2D eigenvalue weighted by Gasteiger charge is -2.11. The quantitative estimate of drug-likeness (QED) is 0.813. The predicted molar refractivity (Wildman–Crippen MR) is 61.4 cm³/mol. The molecule has 0 saturated carbocycles. The number of ether oxygens (including phenoxy) is 1. The normalized spacial score (nSPS) is 10.9. The molecule has 0 heterocycles. The predicted octanol–water partition coefficient (Wildman–Crippen LogP) is 4.44. The second kappa shape index (κ2) is 5.30. The Hall–Kier alpha value is -1.69. The van der Waals surface area contributed by atoms with Gasteiger partial charge in [-0.2, -0.15) is 13.2 Å². The summed E-state index contributed by atoms with van der Waals surface area (Å²) in [5, 5.41) is 1.69. The number of nitrogens with one attached hydrogen (secondary N) is 1. The molecule has 3 nitrogen and oxygen atoms in total. The van der Waals surface area contributed by atoms with E-state index in [2.05, 4.69) is 16.6 Å². The molecular formula is C11H9ClF3NO2. The van der Waals surface area contributed by atoms with Gasteiger partial charge in [0.15, 0.2) is 0 Å². The highest BCUT2D eigenvalue weighted by Crippen LogP contribution is 2.36. The summed E-state index contributed by atoms with van der Waals surface area (Å²) in [7, 11) is 0. The van der Waals surface area contributed by atoms with Crippen LogP contribution < -0.4 is 5.32 Å². The zero-order chi connectivity index (χ0) is 13.9. The molecule has 0 fully saturated rings. The smallest absolute Gasteiger partial charge is 0.416 e. The van der Waals surface area contributed by atoms with E-state index in [4.69, 9.17) is 11.6 Å². The van der Waals surface area contributed by atoms with E-state index >= 15 is 0 Å². The molecule has 0 aromatic heterocycles. The minimum atomic E-state index is -4.59. The fourth-order valence-electron chi connectivity index (χ4n) is 1.12. The van der Waals surface area contributed by atoms with Crippen molar-refractivity contribution < 1.29 is 22.7 Å². The van der Waals surface area contributed by atoms with E-state index in [1.54, 1.807) is 0 Å². The highest BCUT2D eigenvalue weighted by atomic mass is 35.5. The van der Waals surface area contributed by atoms with Gasteiger partial charge in [-0.25, -0.2) is 4.79 Å². The van der Waals surface area contributed by atoms with Gasteiger partial charge in [-0.15, -0.1) is 0 Å². The van der Waals surface area contributed by atoms with Crippen LogP contribution in [0, 0.1) is 0 Å². The summed E-state index contributed by atoms with van der Waals surface area (Å²) in [5.41, 5.74) is -1.10. The molecule has 1 aromatic carbocycles. The zero-order valence-corrected chi connectivity index (χ0v) is 10.0. The van der Waals surface area contributed by atoms with E-state index < -0.39 is 22.9 Å². The van der Waals surface area contributed by atoms with Gasteiger partial charge in [-0.1, -0.05) is 18.2 Å². The lowest BCUT2D eigenvalue weighted by Crippen LogP contribution is -2.13. The second-order valence-corrected chi connectivity index (χ2v) is 3.82. The van der Waals surface area contributed by atoms with Crippen LogP contribution in [0.15, 0.2) is 30.5 Å². The molecule has 0 atom stereocenters. The van der Waals surface area contributed by atoms with E-state index in [0.717, 1.165) is 12.1 Å². The maximum atomic E-state index is 12.5. The molecule has 0 unspecified atom stereocenters. The molecule has 0 radical (unpaired) electrons. The van der Waals surface area contributed by atoms with E-state index in [1.165, 1.54) is 13.0 Å².